The van der Waals surface area contributed by atoms with Crippen LogP contribution < -0.4 is 4.90 Å². The van der Waals surface area contributed by atoms with Crippen LogP contribution in [0, 0.1) is 0 Å². The van der Waals surface area contributed by atoms with Gasteiger partial charge in [0.25, 0.3) is 0 Å². The molecule has 276 valence electrons. The van der Waals surface area contributed by atoms with E-state index in [2.05, 4.69) is 226 Å². The van der Waals surface area contributed by atoms with E-state index in [1.165, 1.54) is 81.3 Å². The van der Waals surface area contributed by atoms with Crippen molar-refractivity contribution in [3.8, 4) is 11.4 Å². The molecule has 1 unspecified atom stereocenters. The Morgan fingerprint density at radius 1 is 0.373 bits per heavy atom. The van der Waals surface area contributed by atoms with Crippen molar-refractivity contribution in [2.75, 3.05) is 4.90 Å². The monoisotopic (exact) mass is 769 g/mol. The molecular formula is C55H35N3S. The number of benzene rings is 9. The molecule has 1 spiro atoms. The number of hydrogen-bond acceptors (Lipinski definition) is 2. The third kappa shape index (κ3) is 4.39. The lowest BCUT2D eigenvalue weighted by Gasteiger charge is -2.45. The fourth-order valence-corrected chi connectivity index (χ4v) is 11.8. The predicted octanol–water partition coefficient (Wildman–Crippen LogP) is 14.5. The standard InChI is InChI=1S/C55H35N3S/c1-3-16-36(17-4-1)56(37-18-5-2-6-19-37)38-30-32-39(33-31-38)57-48-27-12-8-21-42(48)52-50(57)35-34-46-54(52)59-51-29-14-10-24-44(51)55(46)43-23-9-13-28-49(43)58-47-26-11-7-20-40(47)41-22-15-25-45(55)53(41)58/h1-35H. The largest absolute Gasteiger partial charge is 0.311 e. The Morgan fingerprint density at radius 2 is 0.949 bits per heavy atom. The summed E-state index contributed by atoms with van der Waals surface area (Å²) < 4.78 is 4.99. The summed E-state index contributed by atoms with van der Waals surface area (Å²) in [4.78, 5) is 4.94. The highest BCUT2D eigenvalue weighted by molar-refractivity contribution is 7.99. The Kier molecular flexibility index (Phi) is 6.87. The normalized spacial score (nSPS) is 15.1. The molecule has 13 rings (SSSR count). The minimum Gasteiger partial charge on any atom is -0.311 e. The Bertz CT molecular complexity index is 3430. The molecule has 9 aromatic carbocycles. The van der Waals surface area contributed by atoms with Gasteiger partial charge in [-0.2, -0.15) is 0 Å². The van der Waals surface area contributed by atoms with Gasteiger partial charge in [0.1, 0.15) is 0 Å². The topological polar surface area (TPSA) is 13.1 Å². The summed E-state index contributed by atoms with van der Waals surface area (Å²) in [6.07, 6.45) is 0. The van der Waals surface area contributed by atoms with Crippen LogP contribution in [-0.4, -0.2) is 9.13 Å². The van der Waals surface area contributed by atoms with Crippen molar-refractivity contribution in [3.63, 3.8) is 0 Å². The van der Waals surface area contributed by atoms with Crippen LogP contribution in [0.15, 0.2) is 222 Å². The minimum absolute atomic E-state index is 0.533. The summed E-state index contributed by atoms with van der Waals surface area (Å²) >= 11 is 1.93. The zero-order valence-corrected chi connectivity index (χ0v) is 32.8. The Hall–Kier alpha value is -7.27. The van der Waals surface area contributed by atoms with Crippen molar-refractivity contribution >= 4 is 72.4 Å². The van der Waals surface area contributed by atoms with Gasteiger partial charge in [0.15, 0.2) is 0 Å². The van der Waals surface area contributed by atoms with Crippen molar-refractivity contribution in [1.82, 2.24) is 9.13 Å². The van der Waals surface area contributed by atoms with E-state index in [-0.39, 0.29) is 0 Å². The van der Waals surface area contributed by atoms with Gasteiger partial charge >= 0.3 is 0 Å². The lowest BCUT2D eigenvalue weighted by molar-refractivity contribution is 0.692. The maximum Gasteiger partial charge on any atom is 0.0764 e. The molecule has 59 heavy (non-hydrogen) atoms. The van der Waals surface area contributed by atoms with E-state index in [9.17, 15) is 0 Å². The highest BCUT2D eigenvalue weighted by Crippen LogP contribution is 2.62. The van der Waals surface area contributed by atoms with Crippen LogP contribution in [0.3, 0.4) is 0 Å². The van der Waals surface area contributed by atoms with Crippen molar-refractivity contribution in [3.05, 3.63) is 235 Å². The zero-order chi connectivity index (χ0) is 38.7. The van der Waals surface area contributed by atoms with E-state index in [0.29, 0.717) is 0 Å². The van der Waals surface area contributed by atoms with Gasteiger partial charge in [0.05, 0.1) is 33.2 Å². The van der Waals surface area contributed by atoms with E-state index in [1.807, 2.05) is 11.8 Å². The molecule has 0 aliphatic carbocycles. The Balaban J connectivity index is 1.08. The smallest absolute Gasteiger partial charge is 0.0764 e. The predicted molar refractivity (Wildman–Crippen MR) is 246 cm³/mol. The molecule has 0 saturated heterocycles. The van der Waals surface area contributed by atoms with Gasteiger partial charge in [0, 0.05) is 54.1 Å². The van der Waals surface area contributed by atoms with E-state index < -0.39 is 5.41 Å². The molecule has 0 bridgehead atoms. The molecule has 0 saturated carbocycles. The molecule has 2 aliphatic heterocycles. The second kappa shape index (κ2) is 12.4. The number of fused-ring (bicyclic) bond motifs is 15. The quantitative estimate of drug-likeness (QED) is 0.177. The third-order valence-electron chi connectivity index (χ3n) is 12.7. The molecule has 11 aromatic rings. The number of para-hydroxylation sites is 6. The summed E-state index contributed by atoms with van der Waals surface area (Å²) in [5.41, 5.74) is 15.5. The van der Waals surface area contributed by atoms with Crippen molar-refractivity contribution in [2.24, 2.45) is 0 Å². The third-order valence-corrected chi connectivity index (χ3v) is 13.9. The number of aromatic nitrogens is 2. The van der Waals surface area contributed by atoms with E-state index in [0.717, 1.165) is 22.7 Å². The fourth-order valence-electron chi connectivity index (χ4n) is 10.5. The first-order valence-corrected chi connectivity index (χ1v) is 21.1. The summed E-state index contributed by atoms with van der Waals surface area (Å²) in [7, 11) is 0. The van der Waals surface area contributed by atoms with Gasteiger partial charge in [0.2, 0.25) is 0 Å². The number of rotatable bonds is 4. The van der Waals surface area contributed by atoms with Crippen LogP contribution in [0.5, 0.6) is 0 Å². The number of nitrogens with zero attached hydrogens (tertiary/aromatic N) is 3. The van der Waals surface area contributed by atoms with Crippen LogP contribution in [0.25, 0.3) is 55.0 Å². The van der Waals surface area contributed by atoms with Crippen LogP contribution in [-0.2, 0) is 5.41 Å². The van der Waals surface area contributed by atoms with Crippen molar-refractivity contribution in [1.29, 1.82) is 0 Å². The van der Waals surface area contributed by atoms with Crippen LogP contribution in [0.1, 0.15) is 22.3 Å². The average molecular weight is 770 g/mol. The summed E-state index contributed by atoms with van der Waals surface area (Å²) in [5.74, 6) is 0. The van der Waals surface area contributed by atoms with Gasteiger partial charge in [-0.15, -0.1) is 0 Å². The highest BCUT2D eigenvalue weighted by Gasteiger charge is 2.50. The van der Waals surface area contributed by atoms with Crippen molar-refractivity contribution in [2.45, 2.75) is 15.2 Å². The lowest BCUT2D eigenvalue weighted by atomic mass is 9.62. The molecule has 3 nitrogen and oxygen atoms in total. The van der Waals surface area contributed by atoms with Gasteiger partial charge < -0.3 is 14.0 Å². The maximum atomic E-state index is 2.52. The molecule has 2 aromatic heterocycles. The Morgan fingerprint density at radius 3 is 1.71 bits per heavy atom. The van der Waals surface area contributed by atoms with Gasteiger partial charge in [-0.25, -0.2) is 0 Å². The van der Waals surface area contributed by atoms with E-state index in [1.54, 1.807) is 0 Å². The first-order chi connectivity index (χ1) is 29.3. The molecule has 4 heterocycles. The van der Waals surface area contributed by atoms with E-state index >= 15 is 0 Å². The molecule has 4 heteroatoms. The molecule has 0 N–H and O–H groups in total. The molecule has 1 atom stereocenters. The second-order valence-corrected chi connectivity index (χ2v) is 16.7. The van der Waals surface area contributed by atoms with Gasteiger partial charge in [-0.1, -0.05) is 145 Å². The molecule has 0 radical (unpaired) electrons. The Labute approximate surface area is 346 Å². The number of hydrogen-bond donors (Lipinski definition) is 0. The fraction of sp³-hybridized carbons (Fsp3) is 0.0182. The highest BCUT2D eigenvalue weighted by atomic mass is 32.2. The maximum absolute atomic E-state index is 2.52. The first-order valence-electron chi connectivity index (χ1n) is 20.3. The van der Waals surface area contributed by atoms with Crippen LogP contribution in [0.2, 0.25) is 0 Å². The first kappa shape index (κ1) is 32.8. The summed E-state index contributed by atoms with van der Waals surface area (Å²) in [6.45, 7) is 0. The van der Waals surface area contributed by atoms with Gasteiger partial charge in [-0.3, -0.25) is 0 Å². The molecular weight excluding hydrogens is 735 g/mol. The lowest BCUT2D eigenvalue weighted by Crippen LogP contribution is -2.37. The molecule has 2 aliphatic rings. The minimum atomic E-state index is -0.533. The summed E-state index contributed by atoms with van der Waals surface area (Å²) in [5, 5.41) is 5.14. The van der Waals surface area contributed by atoms with Gasteiger partial charge in [-0.05, 0) is 101 Å². The average Bonchev–Trinajstić information content (AvgIpc) is 3.83. The zero-order valence-electron chi connectivity index (χ0n) is 32.0. The molecule has 0 amide bonds. The van der Waals surface area contributed by atoms with E-state index in [4.69, 9.17) is 0 Å². The van der Waals surface area contributed by atoms with Crippen molar-refractivity contribution < 1.29 is 0 Å². The second-order valence-electron chi connectivity index (χ2n) is 15.6. The molecule has 0 fully saturated rings. The van der Waals surface area contributed by atoms with Crippen LogP contribution in [0.4, 0.5) is 17.1 Å². The van der Waals surface area contributed by atoms with Crippen LogP contribution >= 0.6 is 11.8 Å². The number of anilines is 3. The summed E-state index contributed by atoms with van der Waals surface area (Å²) in [6, 6.07) is 78.3. The SMILES string of the molecule is c1ccc(N(c2ccccc2)c2ccc(-n3c4ccccc4c4c5c(ccc43)C3(c4ccccc4S5)c4ccccc4-n4c5ccccc5c5cccc3c54)cc2)cc1.